The first-order valence-corrected chi connectivity index (χ1v) is 5.71. The Morgan fingerprint density at radius 2 is 1.52 bits per heavy atom. The Balaban J connectivity index is 2.41. The normalized spacial score (nSPS) is 10.6. The van der Waals surface area contributed by atoms with Gasteiger partial charge < -0.3 is 5.32 Å². The number of hydrogen-bond acceptors (Lipinski definition) is 1. The largest absolute Gasteiger partial charge is 0.317 e. The lowest BCUT2D eigenvalue weighted by atomic mass is 10.1. The molecule has 0 fully saturated rings. The minimum absolute atomic E-state index is 0.0312. The predicted molar refractivity (Wildman–Crippen MR) is 65.4 cm³/mol. The van der Waals surface area contributed by atoms with Crippen molar-refractivity contribution >= 4 is 11.6 Å². The Kier molecular flexibility index (Phi) is 3.93. The summed E-state index contributed by atoms with van der Waals surface area (Å²) in [4.78, 5) is 11.9. The van der Waals surface area contributed by atoms with E-state index in [0.717, 1.165) is 18.2 Å². The fourth-order valence-corrected chi connectivity index (χ4v) is 1.75. The van der Waals surface area contributed by atoms with E-state index in [9.17, 15) is 26.7 Å². The van der Waals surface area contributed by atoms with Crippen LogP contribution in [0.2, 0.25) is 0 Å². The van der Waals surface area contributed by atoms with E-state index >= 15 is 0 Å². The van der Waals surface area contributed by atoms with Gasteiger partial charge >= 0.3 is 0 Å². The van der Waals surface area contributed by atoms with Gasteiger partial charge in [0, 0.05) is 11.6 Å². The van der Waals surface area contributed by atoms with Crippen molar-refractivity contribution in [3.8, 4) is 0 Å². The number of rotatable bonds is 2. The number of carbonyl (C=O) groups excluding carboxylic acids is 1. The zero-order chi connectivity index (χ0) is 15.7. The summed E-state index contributed by atoms with van der Waals surface area (Å²) in [6.45, 7) is 1.40. The molecule has 0 saturated heterocycles. The average Bonchev–Trinajstić information content (AvgIpc) is 2.41. The molecule has 0 aliphatic heterocycles. The van der Waals surface area contributed by atoms with Crippen molar-refractivity contribution in [2.24, 2.45) is 0 Å². The molecule has 0 saturated carbocycles. The van der Waals surface area contributed by atoms with Crippen molar-refractivity contribution in [1.82, 2.24) is 0 Å². The SMILES string of the molecule is Cc1cc(F)ccc1C(=O)Nc1c(F)c(F)cc(F)c1F. The van der Waals surface area contributed by atoms with Gasteiger partial charge in [-0.05, 0) is 30.7 Å². The first-order chi connectivity index (χ1) is 9.81. The van der Waals surface area contributed by atoms with Crippen LogP contribution in [-0.2, 0) is 0 Å². The summed E-state index contributed by atoms with van der Waals surface area (Å²) in [6, 6.07) is 3.13. The quantitative estimate of drug-likeness (QED) is 0.660. The monoisotopic (exact) mass is 301 g/mol. The minimum atomic E-state index is -1.72. The van der Waals surface area contributed by atoms with E-state index in [1.807, 2.05) is 0 Å². The molecule has 21 heavy (non-hydrogen) atoms. The molecule has 0 spiro atoms. The maximum absolute atomic E-state index is 13.4. The van der Waals surface area contributed by atoms with Crippen molar-refractivity contribution < 1.29 is 26.7 Å². The second-order valence-corrected chi connectivity index (χ2v) is 4.26. The van der Waals surface area contributed by atoms with Gasteiger partial charge in [-0.3, -0.25) is 4.79 Å². The van der Waals surface area contributed by atoms with Gasteiger partial charge in [-0.2, -0.15) is 0 Å². The predicted octanol–water partition coefficient (Wildman–Crippen LogP) is 3.94. The molecule has 0 aliphatic rings. The Bertz CT molecular complexity index is 704. The molecule has 2 aromatic carbocycles. The topological polar surface area (TPSA) is 29.1 Å². The summed E-state index contributed by atoms with van der Waals surface area (Å²) >= 11 is 0. The Morgan fingerprint density at radius 1 is 0.952 bits per heavy atom. The molecule has 2 nitrogen and oxygen atoms in total. The Hall–Kier alpha value is -2.44. The molecule has 110 valence electrons. The van der Waals surface area contributed by atoms with E-state index in [-0.39, 0.29) is 17.2 Å². The van der Waals surface area contributed by atoms with Gasteiger partial charge in [0.25, 0.3) is 5.91 Å². The van der Waals surface area contributed by atoms with Gasteiger partial charge in [0.15, 0.2) is 23.3 Å². The van der Waals surface area contributed by atoms with E-state index in [1.165, 1.54) is 6.92 Å². The van der Waals surface area contributed by atoms with Crippen molar-refractivity contribution in [2.75, 3.05) is 5.32 Å². The third-order valence-electron chi connectivity index (χ3n) is 2.78. The van der Waals surface area contributed by atoms with Crippen LogP contribution in [0.3, 0.4) is 0 Å². The van der Waals surface area contributed by atoms with E-state index in [2.05, 4.69) is 0 Å². The molecule has 1 amide bonds. The molecular weight excluding hydrogens is 293 g/mol. The average molecular weight is 301 g/mol. The molecule has 0 aromatic heterocycles. The van der Waals surface area contributed by atoms with E-state index in [1.54, 1.807) is 5.32 Å². The number of halogens is 5. The lowest BCUT2D eigenvalue weighted by molar-refractivity contribution is 0.102. The van der Waals surface area contributed by atoms with Crippen LogP contribution in [0, 0.1) is 36.0 Å². The maximum Gasteiger partial charge on any atom is 0.256 e. The van der Waals surface area contributed by atoms with Crippen molar-refractivity contribution in [2.45, 2.75) is 6.92 Å². The third kappa shape index (κ3) is 2.86. The van der Waals surface area contributed by atoms with Crippen molar-refractivity contribution in [3.63, 3.8) is 0 Å². The Morgan fingerprint density at radius 3 is 2.05 bits per heavy atom. The third-order valence-corrected chi connectivity index (χ3v) is 2.78. The standard InChI is InChI=1S/C14H8F5NO/c1-6-4-7(15)2-3-8(6)14(21)20-13-11(18)9(16)5-10(17)12(13)19/h2-5H,1H3,(H,20,21). The summed E-state index contributed by atoms with van der Waals surface area (Å²) in [5.41, 5.74) is -1.12. The van der Waals surface area contributed by atoms with Crippen molar-refractivity contribution in [3.05, 3.63) is 64.5 Å². The smallest absolute Gasteiger partial charge is 0.256 e. The molecule has 2 rings (SSSR count). The van der Waals surface area contributed by atoms with E-state index in [0.29, 0.717) is 0 Å². The number of nitrogens with one attached hydrogen (secondary N) is 1. The minimum Gasteiger partial charge on any atom is -0.317 e. The van der Waals surface area contributed by atoms with Crippen LogP contribution >= 0.6 is 0 Å². The fourth-order valence-electron chi connectivity index (χ4n) is 1.75. The zero-order valence-electron chi connectivity index (χ0n) is 10.6. The highest BCUT2D eigenvalue weighted by Crippen LogP contribution is 2.25. The van der Waals surface area contributed by atoms with Crippen molar-refractivity contribution in [1.29, 1.82) is 0 Å². The van der Waals surface area contributed by atoms with Crippen LogP contribution in [0.15, 0.2) is 24.3 Å². The van der Waals surface area contributed by atoms with Crippen LogP contribution < -0.4 is 5.32 Å². The Labute approximate surface area is 116 Å². The van der Waals surface area contributed by atoms with Crippen LogP contribution in [0.1, 0.15) is 15.9 Å². The molecule has 0 unspecified atom stereocenters. The number of carbonyl (C=O) groups is 1. The fraction of sp³-hybridized carbons (Fsp3) is 0.0714. The van der Waals surface area contributed by atoms with Crippen LogP contribution in [0.25, 0.3) is 0 Å². The van der Waals surface area contributed by atoms with Crippen LogP contribution in [-0.4, -0.2) is 5.91 Å². The van der Waals surface area contributed by atoms with Gasteiger partial charge in [-0.15, -0.1) is 0 Å². The first kappa shape index (κ1) is 15.0. The zero-order valence-corrected chi connectivity index (χ0v) is 10.6. The van der Waals surface area contributed by atoms with E-state index < -0.39 is 40.7 Å². The highest BCUT2D eigenvalue weighted by Gasteiger charge is 2.22. The summed E-state index contributed by atoms with van der Waals surface area (Å²) in [6.07, 6.45) is 0. The molecule has 0 heterocycles. The second kappa shape index (κ2) is 5.51. The van der Waals surface area contributed by atoms with Crippen LogP contribution in [0.5, 0.6) is 0 Å². The first-order valence-electron chi connectivity index (χ1n) is 5.71. The highest BCUT2D eigenvalue weighted by atomic mass is 19.2. The van der Waals surface area contributed by atoms with Gasteiger partial charge in [0.1, 0.15) is 11.5 Å². The molecule has 0 radical (unpaired) electrons. The van der Waals surface area contributed by atoms with Gasteiger partial charge in [-0.1, -0.05) is 0 Å². The summed E-state index contributed by atoms with van der Waals surface area (Å²) in [7, 11) is 0. The molecular formula is C14H8F5NO. The molecule has 7 heteroatoms. The maximum atomic E-state index is 13.4. The summed E-state index contributed by atoms with van der Waals surface area (Å²) in [5, 5.41) is 1.75. The molecule has 0 atom stereocenters. The molecule has 0 aliphatic carbocycles. The summed E-state index contributed by atoms with van der Waals surface area (Å²) in [5.74, 6) is -8.34. The lowest BCUT2D eigenvalue weighted by Crippen LogP contribution is -2.17. The van der Waals surface area contributed by atoms with Gasteiger partial charge in [0.05, 0.1) is 0 Å². The summed E-state index contributed by atoms with van der Waals surface area (Å²) < 4.78 is 65.8. The molecule has 1 N–H and O–H groups in total. The number of aryl methyl sites for hydroxylation is 1. The van der Waals surface area contributed by atoms with Gasteiger partial charge in [-0.25, -0.2) is 22.0 Å². The highest BCUT2D eigenvalue weighted by molar-refractivity contribution is 6.05. The van der Waals surface area contributed by atoms with Crippen LogP contribution in [0.4, 0.5) is 27.6 Å². The number of anilines is 1. The molecule has 2 aromatic rings. The lowest BCUT2D eigenvalue weighted by Gasteiger charge is -2.10. The van der Waals surface area contributed by atoms with E-state index in [4.69, 9.17) is 0 Å². The van der Waals surface area contributed by atoms with Gasteiger partial charge in [0.2, 0.25) is 0 Å². The molecule has 0 bridgehead atoms. The second-order valence-electron chi connectivity index (χ2n) is 4.26. The number of hydrogen-bond donors (Lipinski definition) is 1. The number of benzene rings is 2. The number of amides is 1.